The summed E-state index contributed by atoms with van der Waals surface area (Å²) in [6, 6.07) is 0. The van der Waals surface area contributed by atoms with Crippen molar-refractivity contribution in [2.75, 3.05) is 6.54 Å². The molecule has 0 unspecified atom stereocenters. The lowest BCUT2D eigenvalue weighted by atomic mass is 9.81. The number of hydrogen-bond donors (Lipinski definition) is 1. The highest BCUT2D eigenvalue weighted by Crippen LogP contribution is 2.37. The molecule has 5 nitrogen and oxygen atoms in total. The molecule has 1 saturated carbocycles. The molecule has 2 aliphatic rings. The highest BCUT2D eigenvalue weighted by Gasteiger charge is 2.48. The summed E-state index contributed by atoms with van der Waals surface area (Å²) in [5, 5.41) is 2.87. The zero-order valence-electron chi connectivity index (χ0n) is 12.6. The van der Waals surface area contributed by atoms with Gasteiger partial charge >= 0.3 is 0 Å². The van der Waals surface area contributed by atoms with Gasteiger partial charge in [-0.1, -0.05) is 19.8 Å². The molecule has 112 valence electrons. The van der Waals surface area contributed by atoms with Crippen molar-refractivity contribution in [3.63, 3.8) is 0 Å². The van der Waals surface area contributed by atoms with Gasteiger partial charge in [0.25, 0.3) is 0 Å². The van der Waals surface area contributed by atoms with Crippen molar-refractivity contribution in [3.8, 4) is 0 Å². The molecule has 1 saturated heterocycles. The maximum atomic E-state index is 12.2. The lowest BCUT2D eigenvalue weighted by Gasteiger charge is -2.25. The van der Waals surface area contributed by atoms with E-state index < -0.39 is 0 Å². The molecule has 1 aliphatic carbocycles. The van der Waals surface area contributed by atoms with Crippen LogP contribution in [0.25, 0.3) is 0 Å². The molecule has 20 heavy (non-hydrogen) atoms. The molecule has 0 aromatic heterocycles. The van der Waals surface area contributed by atoms with E-state index in [1.807, 2.05) is 20.8 Å². The summed E-state index contributed by atoms with van der Waals surface area (Å²) in [6.07, 6.45) is 4.37. The Hall–Kier alpha value is -1.39. The molecule has 2 fully saturated rings. The number of amides is 3. The van der Waals surface area contributed by atoms with Crippen molar-refractivity contribution in [1.82, 2.24) is 10.2 Å². The molecule has 0 aromatic rings. The van der Waals surface area contributed by atoms with E-state index >= 15 is 0 Å². The molecule has 2 atom stereocenters. The van der Waals surface area contributed by atoms with Crippen LogP contribution in [0.2, 0.25) is 0 Å². The average molecular weight is 280 g/mol. The summed E-state index contributed by atoms with van der Waals surface area (Å²) < 4.78 is 0. The van der Waals surface area contributed by atoms with Gasteiger partial charge in [0, 0.05) is 5.54 Å². The van der Waals surface area contributed by atoms with Crippen LogP contribution in [0, 0.1) is 11.8 Å². The van der Waals surface area contributed by atoms with Gasteiger partial charge in [-0.2, -0.15) is 0 Å². The topological polar surface area (TPSA) is 66.5 Å². The Bertz CT molecular complexity index is 407. The number of fused-ring (bicyclic) bond motifs is 1. The predicted octanol–water partition coefficient (Wildman–Crippen LogP) is 1.47. The second-order valence-corrected chi connectivity index (χ2v) is 6.55. The minimum Gasteiger partial charge on any atom is -0.350 e. The maximum absolute atomic E-state index is 12.2. The molecule has 3 amide bonds. The molecule has 1 N–H and O–H groups in total. The fourth-order valence-electron chi connectivity index (χ4n) is 3.04. The van der Waals surface area contributed by atoms with E-state index in [1.54, 1.807) is 0 Å². The van der Waals surface area contributed by atoms with E-state index in [0.717, 1.165) is 32.1 Å². The largest absolute Gasteiger partial charge is 0.350 e. The number of likely N-dealkylation sites (tertiary alicyclic amines) is 1. The van der Waals surface area contributed by atoms with E-state index in [0.29, 0.717) is 0 Å². The third-order valence-electron chi connectivity index (χ3n) is 4.60. The molecule has 0 radical (unpaired) electrons. The quantitative estimate of drug-likeness (QED) is 0.793. The van der Waals surface area contributed by atoms with Crippen molar-refractivity contribution in [2.45, 2.75) is 58.4 Å². The van der Waals surface area contributed by atoms with Crippen LogP contribution >= 0.6 is 0 Å². The SMILES string of the molecule is CCC(C)(C)NC(=O)CN1C(=O)[C@H]2CCCC[C@@H]2C1=O. The van der Waals surface area contributed by atoms with Crippen LogP contribution in [0.3, 0.4) is 0 Å². The van der Waals surface area contributed by atoms with Crippen molar-refractivity contribution in [2.24, 2.45) is 11.8 Å². The summed E-state index contributed by atoms with van der Waals surface area (Å²) in [6.45, 7) is 5.71. The van der Waals surface area contributed by atoms with Crippen LogP contribution in [0.1, 0.15) is 52.9 Å². The van der Waals surface area contributed by atoms with Gasteiger partial charge in [0.05, 0.1) is 11.8 Å². The zero-order chi connectivity index (χ0) is 14.9. The van der Waals surface area contributed by atoms with Crippen LogP contribution in [0.4, 0.5) is 0 Å². The molecule has 5 heteroatoms. The zero-order valence-corrected chi connectivity index (χ0v) is 12.6. The number of hydrogen-bond acceptors (Lipinski definition) is 3. The number of rotatable bonds is 4. The van der Waals surface area contributed by atoms with Gasteiger partial charge in [-0.05, 0) is 33.1 Å². The number of nitrogens with one attached hydrogen (secondary N) is 1. The molecule has 2 rings (SSSR count). The van der Waals surface area contributed by atoms with Crippen LogP contribution in [0.15, 0.2) is 0 Å². The van der Waals surface area contributed by atoms with E-state index in [9.17, 15) is 14.4 Å². The van der Waals surface area contributed by atoms with Gasteiger partial charge in [0.2, 0.25) is 17.7 Å². The number of carbonyl (C=O) groups excluding carboxylic acids is 3. The summed E-state index contributed by atoms with van der Waals surface area (Å²) in [7, 11) is 0. The van der Waals surface area contributed by atoms with Gasteiger partial charge in [-0.15, -0.1) is 0 Å². The third-order valence-corrected chi connectivity index (χ3v) is 4.60. The van der Waals surface area contributed by atoms with E-state index in [4.69, 9.17) is 0 Å². The smallest absolute Gasteiger partial charge is 0.240 e. The summed E-state index contributed by atoms with van der Waals surface area (Å²) in [4.78, 5) is 37.7. The van der Waals surface area contributed by atoms with E-state index in [1.165, 1.54) is 4.90 Å². The minimum atomic E-state index is -0.310. The first-order chi connectivity index (χ1) is 9.35. The highest BCUT2D eigenvalue weighted by molar-refractivity contribution is 6.07. The van der Waals surface area contributed by atoms with Crippen molar-refractivity contribution in [3.05, 3.63) is 0 Å². The van der Waals surface area contributed by atoms with Crippen LogP contribution in [0.5, 0.6) is 0 Å². The average Bonchev–Trinajstić information content (AvgIpc) is 2.64. The fourth-order valence-corrected chi connectivity index (χ4v) is 3.04. The number of imide groups is 1. The van der Waals surface area contributed by atoms with Gasteiger partial charge in [0.1, 0.15) is 6.54 Å². The summed E-state index contributed by atoms with van der Waals surface area (Å²) in [5.41, 5.74) is -0.310. The summed E-state index contributed by atoms with van der Waals surface area (Å²) in [5.74, 6) is -0.906. The van der Waals surface area contributed by atoms with Crippen LogP contribution < -0.4 is 5.32 Å². The van der Waals surface area contributed by atoms with E-state index in [-0.39, 0.29) is 41.6 Å². The van der Waals surface area contributed by atoms with Crippen LogP contribution in [-0.4, -0.2) is 34.7 Å². The molecular formula is C15H24N2O3. The normalized spacial score (nSPS) is 26.6. The van der Waals surface area contributed by atoms with Gasteiger partial charge < -0.3 is 5.32 Å². The molecule has 1 heterocycles. The first kappa shape index (κ1) is 15.0. The standard InChI is InChI=1S/C15H24N2O3/c1-4-15(2,3)16-12(18)9-17-13(19)10-7-5-6-8-11(10)14(17)20/h10-11H,4-9H2,1-3H3,(H,16,18)/t10-,11-/m0/s1. The molecule has 1 aliphatic heterocycles. The first-order valence-electron chi connectivity index (χ1n) is 7.52. The Kier molecular flexibility index (Phi) is 4.16. The Morgan fingerprint density at radius 2 is 1.70 bits per heavy atom. The Balaban J connectivity index is 2.01. The molecular weight excluding hydrogens is 256 g/mol. The second kappa shape index (κ2) is 5.54. The third kappa shape index (κ3) is 2.86. The van der Waals surface area contributed by atoms with Crippen molar-refractivity contribution < 1.29 is 14.4 Å². The monoisotopic (exact) mass is 280 g/mol. The van der Waals surface area contributed by atoms with Crippen molar-refractivity contribution >= 4 is 17.7 Å². The second-order valence-electron chi connectivity index (χ2n) is 6.55. The number of nitrogens with zero attached hydrogens (tertiary/aromatic N) is 1. The summed E-state index contributed by atoms with van der Waals surface area (Å²) >= 11 is 0. The molecule has 0 spiro atoms. The van der Waals surface area contributed by atoms with E-state index in [2.05, 4.69) is 5.32 Å². The minimum absolute atomic E-state index is 0.131. The Morgan fingerprint density at radius 1 is 1.20 bits per heavy atom. The van der Waals surface area contributed by atoms with Gasteiger partial charge in [0.15, 0.2) is 0 Å². The fraction of sp³-hybridized carbons (Fsp3) is 0.800. The van der Waals surface area contributed by atoms with Crippen molar-refractivity contribution in [1.29, 1.82) is 0 Å². The lowest BCUT2D eigenvalue weighted by Crippen LogP contribution is -2.48. The predicted molar refractivity (Wildman–Crippen MR) is 74.7 cm³/mol. The Labute approximate surface area is 120 Å². The van der Waals surface area contributed by atoms with Gasteiger partial charge in [-0.25, -0.2) is 0 Å². The van der Waals surface area contributed by atoms with Crippen LogP contribution in [-0.2, 0) is 14.4 Å². The maximum Gasteiger partial charge on any atom is 0.240 e. The lowest BCUT2D eigenvalue weighted by molar-refractivity contribution is -0.144. The molecule has 0 bridgehead atoms. The highest BCUT2D eigenvalue weighted by atomic mass is 16.2. The van der Waals surface area contributed by atoms with Gasteiger partial charge in [-0.3, -0.25) is 19.3 Å². The first-order valence-corrected chi connectivity index (χ1v) is 7.52. The Morgan fingerprint density at radius 3 is 2.15 bits per heavy atom. The number of carbonyl (C=O) groups is 3. The molecule has 0 aromatic carbocycles.